The van der Waals surface area contributed by atoms with E-state index in [2.05, 4.69) is 68.9 Å². The fourth-order valence-corrected chi connectivity index (χ4v) is 1.82. The van der Waals surface area contributed by atoms with Crippen molar-refractivity contribution in [1.82, 2.24) is 10.2 Å². The van der Waals surface area contributed by atoms with Gasteiger partial charge in [-0.25, -0.2) is 4.99 Å². The summed E-state index contributed by atoms with van der Waals surface area (Å²) in [6.07, 6.45) is 1.80. The minimum absolute atomic E-state index is 0.632. The Labute approximate surface area is 118 Å². The van der Waals surface area contributed by atoms with E-state index in [1.807, 2.05) is 7.05 Å². The van der Waals surface area contributed by atoms with Gasteiger partial charge in [-0.2, -0.15) is 0 Å². The minimum atomic E-state index is 0.632. The minimum Gasteiger partial charge on any atom is -0.357 e. The van der Waals surface area contributed by atoms with Crippen LogP contribution < -0.4 is 5.32 Å². The fraction of sp³-hybridized carbons (Fsp3) is 0.357. The highest BCUT2D eigenvalue weighted by molar-refractivity contribution is 9.10. The molecule has 0 atom stereocenters. The Bertz CT molecular complexity index is 398. The smallest absolute Gasteiger partial charge is 0.194 e. The Morgan fingerprint density at radius 3 is 2.67 bits per heavy atom. The lowest BCUT2D eigenvalue weighted by Crippen LogP contribution is -2.38. The highest BCUT2D eigenvalue weighted by Gasteiger charge is 2.05. The normalized spacial score (nSPS) is 11.2. The molecule has 1 N–H and O–H groups in total. The second-order valence-corrected chi connectivity index (χ2v) is 4.88. The van der Waals surface area contributed by atoms with Gasteiger partial charge in [-0.1, -0.05) is 34.1 Å². The van der Waals surface area contributed by atoms with Gasteiger partial charge in [0.25, 0.3) is 0 Å². The number of rotatable bonds is 5. The Hall–Kier alpha value is -1.29. The lowest BCUT2D eigenvalue weighted by Gasteiger charge is -2.22. The fourth-order valence-electron chi connectivity index (χ4n) is 1.56. The van der Waals surface area contributed by atoms with Crippen LogP contribution in [-0.4, -0.2) is 31.0 Å². The van der Waals surface area contributed by atoms with Crippen LogP contribution >= 0.6 is 15.9 Å². The summed E-state index contributed by atoms with van der Waals surface area (Å²) in [7, 11) is 2.03. The van der Waals surface area contributed by atoms with Crippen LogP contribution in [0.4, 0.5) is 0 Å². The quantitative estimate of drug-likeness (QED) is 0.514. The molecule has 0 aliphatic rings. The predicted molar refractivity (Wildman–Crippen MR) is 81.8 cm³/mol. The Morgan fingerprint density at radius 1 is 1.44 bits per heavy atom. The summed E-state index contributed by atoms with van der Waals surface area (Å²) in [4.78, 5) is 6.56. The van der Waals surface area contributed by atoms with Crippen molar-refractivity contribution >= 4 is 21.9 Å². The summed E-state index contributed by atoms with van der Waals surface area (Å²) in [5, 5.41) is 3.27. The first kappa shape index (κ1) is 14.8. The number of halogens is 1. The van der Waals surface area contributed by atoms with Crippen LogP contribution in [-0.2, 0) is 6.54 Å². The largest absolute Gasteiger partial charge is 0.357 e. The Morgan fingerprint density at radius 2 is 2.11 bits per heavy atom. The van der Waals surface area contributed by atoms with Gasteiger partial charge in [-0.3, -0.25) is 0 Å². The second kappa shape index (κ2) is 7.93. The van der Waals surface area contributed by atoms with Crippen LogP contribution in [0.25, 0.3) is 0 Å². The molecule has 0 aliphatic heterocycles. The third-order valence-electron chi connectivity index (χ3n) is 2.40. The molecule has 0 amide bonds. The molecular formula is C14H20BrN3. The number of nitrogens with zero attached hydrogens (tertiary/aromatic N) is 2. The lowest BCUT2D eigenvalue weighted by atomic mass is 10.2. The topological polar surface area (TPSA) is 27.6 Å². The molecule has 0 heterocycles. The van der Waals surface area contributed by atoms with Crippen molar-refractivity contribution in [1.29, 1.82) is 0 Å². The zero-order chi connectivity index (χ0) is 13.4. The molecule has 1 aromatic rings. The molecule has 0 saturated heterocycles. The zero-order valence-electron chi connectivity index (χ0n) is 11.0. The van der Waals surface area contributed by atoms with Gasteiger partial charge in [0.05, 0.1) is 6.54 Å². The summed E-state index contributed by atoms with van der Waals surface area (Å²) >= 11 is 3.44. The van der Waals surface area contributed by atoms with Crippen LogP contribution in [0.5, 0.6) is 0 Å². The van der Waals surface area contributed by atoms with E-state index in [4.69, 9.17) is 0 Å². The van der Waals surface area contributed by atoms with Crippen LogP contribution in [0.2, 0.25) is 0 Å². The number of hydrogen-bond donors (Lipinski definition) is 1. The van der Waals surface area contributed by atoms with Crippen molar-refractivity contribution in [2.75, 3.05) is 20.1 Å². The number of hydrogen-bond acceptors (Lipinski definition) is 1. The maximum Gasteiger partial charge on any atom is 0.194 e. The number of guanidine groups is 1. The van der Waals surface area contributed by atoms with E-state index in [0.29, 0.717) is 6.54 Å². The van der Waals surface area contributed by atoms with Gasteiger partial charge in [-0.15, -0.1) is 6.58 Å². The molecule has 0 fully saturated rings. The second-order valence-electron chi connectivity index (χ2n) is 3.97. The van der Waals surface area contributed by atoms with E-state index in [1.54, 1.807) is 6.08 Å². The van der Waals surface area contributed by atoms with E-state index in [0.717, 1.165) is 23.5 Å². The van der Waals surface area contributed by atoms with Gasteiger partial charge in [0, 0.05) is 24.6 Å². The van der Waals surface area contributed by atoms with E-state index in [-0.39, 0.29) is 0 Å². The summed E-state index contributed by atoms with van der Waals surface area (Å²) < 4.78 is 1.10. The van der Waals surface area contributed by atoms with Gasteiger partial charge in [-0.05, 0) is 24.6 Å². The first-order chi connectivity index (χ1) is 8.67. The highest BCUT2D eigenvalue weighted by atomic mass is 79.9. The molecule has 1 aromatic carbocycles. The molecule has 0 aromatic heterocycles. The van der Waals surface area contributed by atoms with Crippen molar-refractivity contribution in [3.63, 3.8) is 0 Å². The van der Waals surface area contributed by atoms with Gasteiger partial charge >= 0.3 is 0 Å². The number of benzene rings is 1. The Balaban J connectivity index is 2.68. The molecule has 3 nitrogen and oxygen atoms in total. The Kier molecular flexibility index (Phi) is 6.50. The van der Waals surface area contributed by atoms with Crippen LogP contribution in [0.3, 0.4) is 0 Å². The van der Waals surface area contributed by atoms with E-state index in [9.17, 15) is 0 Å². The summed E-state index contributed by atoms with van der Waals surface area (Å²) in [6.45, 7) is 8.08. The maximum atomic E-state index is 4.45. The van der Waals surface area contributed by atoms with Gasteiger partial charge in [0.15, 0.2) is 5.96 Å². The van der Waals surface area contributed by atoms with Crippen LogP contribution in [0, 0.1) is 0 Å². The van der Waals surface area contributed by atoms with Crippen LogP contribution in [0.15, 0.2) is 46.4 Å². The molecule has 0 spiro atoms. The molecule has 4 heteroatoms. The first-order valence-electron chi connectivity index (χ1n) is 6.02. The average molecular weight is 310 g/mol. The molecular weight excluding hydrogens is 290 g/mol. The van der Waals surface area contributed by atoms with Crippen molar-refractivity contribution in [2.24, 2.45) is 4.99 Å². The third kappa shape index (κ3) is 4.92. The van der Waals surface area contributed by atoms with Crippen molar-refractivity contribution in [3.8, 4) is 0 Å². The first-order valence-corrected chi connectivity index (χ1v) is 6.81. The maximum absolute atomic E-state index is 4.45. The molecule has 0 unspecified atom stereocenters. The summed E-state index contributed by atoms with van der Waals surface area (Å²) in [5.41, 5.74) is 1.25. The number of aliphatic imine (C=N–C) groups is 1. The average Bonchev–Trinajstić information content (AvgIpc) is 2.37. The summed E-state index contributed by atoms with van der Waals surface area (Å²) in [6, 6.07) is 8.32. The van der Waals surface area contributed by atoms with Crippen molar-refractivity contribution in [2.45, 2.75) is 13.5 Å². The SMILES string of the molecule is C=CCN=C(NCC)N(C)Cc1ccc(Br)cc1. The number of nitrogens with one attached hydrogen (secondary N) is 1. The van der Waals surface area contributed by atoms with Crippen LogP contribution in [0.1, 0.15) is 12.5 Å². The standard InChI is InChI=1S/C14H20BrN3/c1-4-10-17-14(16-5-2)18(3)11-12-6-8-13(15)9-7-12/h4,6-9H,1,5,10-11H2,2-3H3,(H,16,17). The van der Waals surface area contributed by atoms with E-state index in [1.165, 1.54) is 5.56 Å². The van der Waals surface area contributed by atoms with Gasteiger partial charge in [0.2, 0.25) is 0 Å². The van der Waals surface area contributed by atoms with Crippen molar-refractivity contribution < 1.29 is 0 Å². The van der Waals surface area contributed by atoms with Gasteiger partial charge < -0.3 is 10.2 Å². The molecule has 0 saturated carbocycles. The molecule has 0 aliphatic carbocycles. The third-order valence-corrected chi connectivity index (χ3v) is 2.93. The van der Waals surface area contributed by atoms with E-state index < -0.39 is 0 Å². The molecule has 0 radical (unpaired) electrons. The monoisotopic (exact) mass is 309 g/mol. The van der Waals surface area contributed by atoms with Gasteiger partial charge in [0.1, 0.15) is 0 Å². The van der Waals surface area contributed by atoms with E-state index >= 15 is 0 Å². The molecule has 18 heavy (non-hydrogen) atoms. The predicted octanol–water partition coefficient (Wildman–Crippen LogP) is 3.03. The van der Waals surface area contributed by atoms with Crippen molar-refractivity contribution in [3.05, 3.63) is 47.0 Å². The molecule has 1 rings (SSSR count). The molecule has 0 bridgehead atoms. The lowest BCUT2D eigenvalue weighted by molar-refractivity contribution is 0.478. The highest BCUT2D eigenvalue weighted by Crippen LogP contribution is 2.11. The summed E-state index contributed by atoms with van der Waals surface area (Å²) in [5.74, 6) is 0.903. The molecule has 98 valence electrons. The zero-order valence-corrected chi connectivity index (χ0v) is 12.6.